The van der Waals surface area contributed by atoms with Crippen LogP contribution in [0.1, 0.15) is 0 Å². The Hall–Kier alpha value is -1.48. The van der Waals surface area contributed by atoms with Crippen LogP contribution in [0, 0.1) is 0 Å². The highest BCUT2D eigenvalue weighted by atomic mass is 35.5. The smallest absolute Gasteiger partial charge is 0.248 e. The van der Waals surface area contributed by atoms with E-state index < -0.39 is 0 Å². The lowest BCUT2D eigenvalue weighted by Crippen LogP contribution is -2.01. The van der Waals surface area contributed by atoms with Gasteiger partial charge in [0.2, 0.25) is 5.56 Å². The molecule has 1 aromatic carbocycles. The second-order valence-corrected chi connectivity index (χ2v) is 3.13. The summed E-state index contributed by atoms with van der Waals surface area (Å²) in [7, 11) is 0. The lowest BCUT2D eigenvalue weighted by Gasteiger charge is -1.99. The summed E-state index contributed by atoms with van der Waals surface area (Å²) in [6.45, 7) is 0. The van der Waals surface area contributed by atoms with Crippen LogP contribution in [0.5, 0.6) is 5.75 Å². The first-order valence-electron chi connectivity index (χ1n) is 3.68. The number of benzene rings is 1. The number of fused-ring (bicyclic) bond motifs is 1. The van der Waals surface area contributed by atoms with Crippen LogP contribution in [-0.4, -0.2) is 10.1 Å². The summed E-state index contributed by atoms with van der Waals surface area (Å²) in [5.74, 6) is 0.0875. The highest BCUT2D eigenvalue weighted by molar-refractivity contribution is 6.35. The van der Waals surface area contributed by atoms with Gasteiger partial charge in [0.15, 0.2) is 0 Å². The zero-order valence-corrected chi connectivity index (χ0v) is 7.30. The van der Waals surface area contributed by atoms with Crippen LogP contribution < -0.4 is 5.56 Å². The number of nitrogens with one attached hydrogen (secondary N) is 1. The van der Waals surface area contributed by atoms with E-state index in [-0.39, 0.29) is 11.3 Å². The molecule has 2 aromatic rings. The van der Waals surface area contributed by atoms with E-state index in [0.717, 1.165) is 0 Å². The van der Waals surface area contributed by atoms with Gasteiger partial charge in [0, 0.05) is 23.0 Å². The van der Waals surface area contributed by atoms with Gasteiger partial charge in [0.1, 0.15) is 5.75 Å². The normalized spacial score (nSPS) is 10.5. The number of hydrogen-bond acceptors (Lipinski definition) is 2. The van der Waals surface area contributed by atoms with Gasteiger partial charge in [-0.15, -0.1) is 0 Å². The zero-order chi connectivity index (χ0) is 9.42. The highest BCUT2D eigenvalue weighted by Gasteiger charge is 2.01. The van der Waals surface area contributed by atoms with Crippen molar-refractivity contribution in [1.29, 1.82) is 0 Å². The summed E-state index contributed by atoms with van der Waals surface area (Å²) in [6, 6.07) is 4.34. The van der Waals surface area contributed by atoms with Crippen LogP contribution in [0.2, 0.25) is 5.02 Å². The third kappa shape index (κ3) is 1.38. The van der Waals surface area contributed by atoms with Crippen LogP contribution in [0.3, 0.4) is 0 Å². The van der Waals surface area contributed by atoms with Crippen molar-refractivity contribution in [3.8, 4) is 5.75 Å². The highest BCUT2D eigenvalue weighted by Crippen LogP contribution is 2.26. The maximum absolute atomic E-state index is 10.9. The minimum atomic E-state index is -0.208. The second-order valence-electron chi connectivity index (χ2n) is 2.73. The summed E-state index contributed by atoms with van der Waals surface area (Å²) in [6.07, 6.45) is 1.52. The fourth-order valence-corrected chi connectivity index (χ4v) is 1.49. The van der Waals surface area contributed by atoms with Crippen molar-refractivity contribution in [2.24, 2.45) is 0 Å². The molecule has 0 saturated carbocycles. The first-order valence-corrected chi connectivity index (χ1v) is 4.05. The molecule has 2 rings (SSSR count). The number of pyridine rings is 1. The van der Waals surface area contributed by atoms with E-state index >= 15 is 0 Å². The Bertz CT molecular complexity index is 518. The van der Waals surface area contributed by atoms with Gasteiger partial charge >= 0.3 is 0 Å². The standard InChI is InChI=1S/C9H6ClNO2/c10-8-2-6(12)1-5-4-11-9(13)3-7(5)8/h1-4,12H,(H,11,13). The largest absolute Gasteiger partial charge is 0.508 e. The van der Waals surface area contributed by atoms with E-state index in [1.807, 2.05) is 0 Å². The number of phenols is 1. The average Bonchev–Trinajstić information content (AvgIpc) is 2.06. The minimum absolute atomic E-state index is 0.0875. The summed E-state index contributed by atoms with van der Waals surface area (Å²) in [5, 5.41) is 10.9. The maximum atomic E-state index is 10.9. The Balaban J connectivity index is 2.95. The molecule has 4 heteroatoms. The van der Waals surface area contributed by atoms with E-state index in [9.17, 15) is 9.90 Å². The van der Waals surface area contributed by atoms with Crippen LogP contribution in [0.4, 0.5) is 0 Å². The molecule has 0 aliphatic carbocycles. The van der Waals surface area contributed by atoms with E-state index in [4.69, 9.17) is 11.6 Å². The molecular weight excluding hydrogens is 190 g/mol. The van der Waals surface area contributed by atoms with Gasteiger partial charge in [-0.05, 0) is 12.1 Å². The molecular formula is C9H6ClNO2. The second kappa shape index (κ2) is 2.78. The molecule has 0 spiro atoms. The Morgan fingerprint density at radius 3 is 2.85 bits per heavy atom. The van der Waals surface area contributed by atoms with E-state index in [0.29, 0.717) is 15.8 Å². The topological polar surface area (TPSA) is 53.1 Å². The summed E-state index contributed by atoms with van der Waals surface area (Å²) in [4.78, 5) is 13.4. The molecule has 0 atom stereocenters. The SMILES string of the molecule is O=c1cc2c(Cl)cc(O)cc2c[nH]1. The van der Waals surface area contributed by atoms with Gasteiger partial charge in [-0.25, -0.2) is 0 Å². The van der Waals surface area contributed by atoms with Gasteiger partial charge in [0.25, 0.3) is 0 Å². The molecule has 0 bridgehead atoms. The quantitative estimate of drug-likeness (QED) is 0.675. The Kier molecular flexibility index (Phi) is 1.74. The molecule has 66 valence electrons. The number of aromatic nitrogens is 1. The molecule has 0 amide bonds. The number of halogens is 1. The van der Waals surface area contributed by atoms with Crippen LogP contribution in [0.25, 0.3) is 10.8 Å². The van der Waals surface area contributed by atoms with E-state index in [1.54, 1.807) is 0 Å². The first-order chi connectivity index (χ1) is 6.16. The molecule has 0 radical (unpaired) electrons. The van der Waals surface area contributed by atoms with Crippen molar-refractivity contribution in [2.45, 2.75) is 0 Å². The number of H-pyrrole nitrogens is 1. The van der Waals surface area contributed by atoms with Gasteiger partial charge in [-0.2, -0.15) is 0 Å². The molecule has 1 heterocycles. The molecule has 3 nitrogen and oxygen atoms in total. The fraction of sp³-hybridized carbons (Fsp3) is 0. The molecule has 1 aromatic heterocycles. The number of aromatic hydroxyl groups is 1. The molecule has 0 aliphatic rings. The average molecular weight is 196 g/mol. The monoisotopic (exact) mass is 195 g/mol. The Labute approximate surface area is 78.6 Å². The minimum Gasteiger partial charge on any atom is -0.508 e. The molecule has 0 fully saturated rings. The van der Waals surface area contributed by atoms with Crippen molar-refractivity contribution in [2.75, 3.05) is 0 Å². The molecule has 0 saturated heterocycles. The van der Waals surface area contributed by atoms with Crippen molar-refractivity contribution in [3.63, 3.8) is 0 Å². The predicted molar refractivity (Wildman–Crippen MR) is 51.2 cm³/mol. The number of aromatic amines is 1. The first kappa shape index (κ1) is 8.13. The molecule has 0 unspecified atom stereocenters. The van der Waals surface area contributed by atoms with Gasteiger partial charge in [-0.3, -0.25) is 4.79 Å². The van der Waals surface area contributed by atoms with Crippen molar-refractivity contribution in [1.82, 2.24) is 4.98 Å². The zero-order valence-electron chi connectivity index (χ0n) is 6.54. The lowest BCUT2D eigenvalue weighted by molar-refractivity contribution is 0.476. The molecule has 2 N–H and O–H groups in total. The summed E-state index contributed by atoms with van der Waals surface area (Å²) >= 11 is 5.82. The van der Waals surface area contributed by atoms with Crippen molar-refractivity contribution in [3.05, 3.63) is 39.8 Å². The van der Waals surface area contributed by atoms with Gasteiger partial charge in [0.05, 0.1) is 5.02 Å². The lowest BCUT2D eigenvalue weighted by atomic mass is 10.2. The summed E-state index contributed by atoms with van der Waals surface area (Å²) < 4.78 is 0. The van der Waals surface area contributed by atoms with Crippen LogP contribution in [-0.2, 0) is 0 Å². The Morgan fingerprint density at radius 2 is 2.08 bits per heavy atom. The number of phenolic OH excluding ortho intramolecular Hbond substituents is 1. The van der Waals surface area contributed by atoms with Crippen LogP contribution >= 0.6 is 11.6 Å². The fourth-order valence-electron chi connectivity index (χ4n) is 1.22. The van der Waals surface area contributed by atoms with Gasteiger partial charge < -0.3 is 10.1 Å². The number of rotatable bonds is 0. The van der Waals surface area contributed by atoms with E-state index in [1.165, 1.54) is 24.4 Å². The molecule has 13 heavy (non-hydrogen) atoms. The molecule has 0 aliphatic heterocycles. The van der Waals surface area contributed by atoms with Crippen molar-refractivity contribution < 1.29 is 5.11 Å². The Morgan fingerprint density at radius 1 is 1.31 bits per heavy atom. The van der Waals surface area contributed by atoms with Gasteiger partial charge in [-0.1, -0.05) is 11.6 Å². The summed E-state index contributed by atoms with van der Waals surface area (Å²) in [5.41, 5.74) is -0.208. The van der Waals surface area contributed by atoms with Crippen molar-refractivity contribution >= 4 is 22.4 Å². The van der Waals surface area contributed by atoms with E-state index in [2.05, 4.69) is 4.98 Å². The maximum Gasteiger partial charge on any atom is 0.248 e. The van der Waals surface area contributed by atoms with Crippen LogP contribution in [0.15, 0.2) is 29.2 Å². The third-order valence-electron chi connectivity index (χ3n) is 1.79. The predicted octanol–water partition coefficient (Wildman–Crippen LogP) is 1.89. The number of hydrogen-bond donors (Lipinski definition) is 2. The third-order valence-corrected chi connectivity index (χ3v) is 2.10.